The van der Waals surface area contributed by atoms with Crippen LogP contribution < -0.4 is 9.47 Å². The van der Waals surface area contributed by atoms with Gasteiger partial charge in [-0.25, -0.2) is 4.79 Å². The Kier molecular flexibility index (Phi) is 7.66. The number of carbonyl (C=O) groups is 2. The molecule has 0 atom stereocenters. The highest BCUT2D eigenvalue weighted by Crippen LogP contribution is 2.28. The van der Waals surface area contributed by atoms with Gasteiger partial charge in [-0.2, -0.15) is 0 Å². The molecule has 1 aliphatic heterocycles. The summed E-state index contributed by atoms with van der Waals surface area (Å²) in [6, 6.07) is 11.9. The maximum absolute atomic E-state index is 13.2. The minimum Gasteiger partial charge on any atom is -0.497 e. The topological polar surface area (TPSA) is 89.0 Å². The molecule has 0 bridgehead atoms. The molecule has 168 valence electrons. The lowest BCUT2D eigenvalue weighted by molar-refractivity contribution is 0.0698. The first kappa shape index (κ1) is 23.5. The van der Waals surface area contributed by atoms with Crippen LogP contribution in [0.3, 0.4) is 0 Å². The van der Waals surface area contributed by atoms with E-state index in [0.29, 0.717) is 34.4 Å². The largest absolute Gasteiger partial charge is 0.497 e. The zero-order valence-electron chi connectivity index (χ0n) is 17.7. The summed E-state index contributed by atoms with van der Waals surface area (Å²) in [6.07, 6.45) is 3.66. The Morgan fingerprint density at radius 2 is 1.84 bits per heavy atom. The molecule has 0 radical (unpaired) electrons. The molecule has 0 amide bonds. The van der Waals surface area contributed by atoms with Gasteiger partial charge in [0.1, 0.15) is 23.8 Å². The molecule has 1 aromatic heterocycles. The Hall–Kier alpha value is -3.16. The average Bonchev–Trinajstić information content (AvgIpc) is 3.31. The number of pyridine rings is 1. The number of carboxylic acids is 1. The number of nitrogens with zero attached hydrogens (tertiary/aromatic N) is 2. The molecule has 0 aliphatic carbocycles. The molecule has 7 nitrogen and oxygen atoms in total. The molecular weight excluding hydrogens is 432 g/mol. The SMILES string of the molecule is COc1cccc(C(=O)c2ncc(C(=O)O)c3ccc(OCCN4CCCC4)cc23)c1.Cl. The van der Waals surface area contributed by atoms with E-state index in [2.05, 4.69) is 9.88 Å². The van der Waals surface area contributed by atoms with Crippen molar-refractivity contribution in [3.8, 4) is 11.5 Å². The third kappa shape index (κ3) is 5.00. The van der Waals surface area contributed by atoms with Gasteiger partial charge in [0.2, 0.25) is 5.78 Å². The number of aromatic carboxylic acids is 1. The monoisotopic (exact) mass is 456 g/mol. The molecule has 2 aromatic carbocycles. The van der Waals surface area contributed by atoms with Crippen molar-refractivity contribution in [1.82, 2.24) is 9.88 Å². The van der Waals surface area contributed by atoms with Crippen LogP contribution in [-0.4, -0.2) is 60.1 Å². The highest BCUT2D eigenvalue weighted by atomic mass is 35.5. The van der Waals surface area contributed by atoms with Gasteiger partial charge in [0.25, 0.3) is 0 Å². The van der Waals surface area contributed by atoms with E-state index in [1.54, 1.807) is 42.5 Å². The summed E-state index contributed by atoms with van der Waals surface area (Å²) >= 11 is 0. The number of hydrogen-bond acceptors (Lipinski definition) is 6. The van der Waals surface area contributed by atoms with Crippen molar-refractivity contribution in [3.05, 3.63) is 65.5 Å². The van der Waals surface area contributed by atoms with E-state index >= 15 is 0 Å². The number of carbonyl (C=O) groups excluding carboxylic acids is 1. The van der Waals surface area contributed by atoms with E-state index in [9.17, 15) is 14.7 Å². The third-order valence-corrected chi connectivity index (χ3v) is 5.51. The molecule has 0 unspecified atom stereocenters. The molecule has 8 heteroatoms. The van der Waals surface area contributed by atoms with Gasteiger partial charge in [0.05, 0.1) is 12.7 Å². The fourth-order valence-electron chi connectivity index (χ4n) is 3.86. The van der Waals surface area contributed by atoms with E-state index in [0.717, 1.165) is 19.6 Å². The van der Waals surface area contributed by atoms with E-state index in [1.165, 1.54) is 26.1 Å². The molecule has 1 N–H and O–H groups in total. The van der Waals surface area contributed by atoms with Crippen molar-refractivity contribution in [2.24, 2.45) is 0 Å². The molecule has 3 aromatic rings. The summed E-state index contributed by atoms with van der Waals surface area (Å²) in [5, 5.41) is 10.4. The number of carboxylic acid groups (broad SMARTS) is 1. The number of ether oxygens (including phenoxy) is 2. The minimum atomic E-state index is -1.10. The van der Waals surface area contributed by atoms with Crippen molar-refractivity contribution in [1.29, 1.82) is 0 Å². The maximum Gasteiger partial charge on any atom is 0.337 e. The summed E-state index contributed by atoms with van der Waals surface area (Å²) in [5.74, 6) is -0.269. The summed E-state index contributed by atoms with van der Waals surface area (Å²) in [4.78, 5) is 31.4. The number of halogens is 1. The molecule has 4 rings (SSSR count). The van der Waals surface area contributed by atoms with E-state index < -0.39 is 5.97 Å². The predicted octanol–water partition coefficient (Wildman–Crippen LogP) is 4.07. The fraction of sp³-hybridized carbons (Fsp3) is 0.292. The van der Waals surface area contributed by atoms with Crippen LogP contribution in [0.1, 0.15) is 39.3 Å². The van der Waals surface area contributed by atoms with Crippen LogP contribution in [0.5, 0.6) is 11.5 Å². The van der Waals surface area contributed by atoms with Crippen LogP contribution in [0.15, 0.2) is 48.7 Å². The Labute approximate surface area is 192 Å². The fourth-order valence-corrected chi connectivity index (χ4v) is 3.86. The van der Waals surface area contributed by atoms with Crippen LogP contribution in [0.4, 0.5) is 0 Å². The molecule has 1 fully saturated rings. The summed E-state index contributed by atoms with van der Waals surface area (Å²) in [7, 11) is 1.53. The molecule has 1 aliphatic rings. The standard InChI is InChI=1S/C24H24N2O5.ClH/c1-30-17-6-4-5-16(13-17)23(27)22-20-14-18(31-12-11-26-9-2-3-10-26)7-8-19(20)21(15-25-22)24(28)29;/h4-8,13-15H,2-3,9-12H2,1H3,(H,28,29);1H. The number of rotatable bonds is 8. The first-order chi connectivity index (χ1) is 15.1. The average molecular weight is 457 g/mol. The van der Waals surface area contributed by atoms with Crippen molar-refractivity contribution in [2.45, 2.75) is 12.8 Å². The van der Waals surface area contributed by atoms with Gasteiger partial charge in [0.15, 0.2) is 0 Å². The van der Waals surface area contributed by atoms with Gasteiger partial charge in [-0.15, -0.1) is 12.4 Å². The lowest BCUT2D eigenvalue weighted by Crippen LogP contribution is -2.25. The first-order valence-electron chi connectivity index (χ1n) is 10.3. The molecule has 0 spiro atoms. The summed E-state index contributed by atoms with van der Waals surface area (Å²) < 4.78 is 11.1. The lowest BCUT2D eigenvalue weighted by atomic mass is 9.99. The predicted molar refractivity (Wildman–Crippen MR) is 124 cm³/mol. The van der Waals surface area contributed by atoms with Crippen molar-refractivity contribution < 1.29 is 24.2 Å². The minimum absolute atomic E-state index is 0. The van der Waals surface area contributed by atoms with E-state index in [-0.39, 0.29) is 29.4 Å². The number of aromatic nitrogens is 1. The number of fused-ring (bicyclic) bond motifs is 1. The van der Waals surface area contributed by atoms with Crippen LogP contribution >= 0.6 is 12.4 Å². The molecule has 2 heterocycles. The Balaban J connectivity index is 0.00000289. The molecule has 32 heavy (non-hydrogen) atoms. The highest BCUT2D eigenvalue weighted by molar-refractivity contribution is 6.17. The number of ketones is 1. The third-order valence-electron chi connectivity index (χ3n) is 5.51. The highest BCUT2D eigenvalue weighted by Gasteiger charge is 2.20. The van der Waals surface area contributed by atoms with Gasteiger partial charge < -0.3 is 14.6 Å². The molecule has 1 saturated heterocycles. The second kappa shape index (κ2) is 10.4. The van der Waals surface area contributed by atoms with Crippen LogP contribution in [-0.2, 0) is 0 Å². The normalized spacial score (nSPS) is 13.5. The number of likely N-dealkylation sites (tertiary alicyclic amines) is 1. The van der Waals surface area contributed by atoms with E-state index in [4.69, 9.17) is 9.47 Å². The van der Waals surface area contributed by atoms with Gasteiger partial charge in [-0.1, -0.05) is 12.1 Å². The Bertz CT molecular complexity index is 1130. The van der Waals surface area contributed by atoms with Gasteiger partial charge in [0, 0.05) is 29.1 Å². The zero-order valence-corrected chi connectivity index (χ0v) is 18.6. The van der Waals surface area contributed by atoms with Crippen LogP contribution in [0.2, 0.25) is 0 Å². The number of methoxy groups -OCH3 is 1. The van der Waals surface area contributed by atoms with Crippen molar-refractivity contribution in [3.63, 3.8) is 0 Å². The van der Waals surface area contributed by atoms with Gasteiger partial charge >= 0.3 is 5.97 Å². The van der Waals surface area contributed by atoms with Crippen molar-refractivity contribution in [2.75, 3.05) is 33.4 Å². The van der Waals surface area contributed by atoms with Crippen LogP contribution in [0.25, 0.3) is 10.8 Å². The smallest absolute Gasteiger partial charge is 0.337 e. The van der Waals surface area contributed by atoms with Crippen LogP contribution in [0, 0.1) is 0 Å². The second-order valence-electron chi connectivity index (χ2n) is 7.49. The Morgan fingerprint density at radius 1 is 1.06 bits per heavy atom. The lowest BCUT2D eigenvalue weighted by Gasteiger charge is -2.15. The summed E-state index contributed by atoms with van der Waals surface area (Å²) in [5.41, 5.74) is 0.635. The van der Waals surface area contributed by atoms with E-state index in [1.807, 2.05) is 0 Å². The quantitative estimate of drug-likeness (QED) is 0.511. The van der Waals surface area contributed by atoms with Gasteiger partial charge in [-0.05, 0) is 56.3 Å². The molecular formula is C24H25ClN2O5. The van der Waals surface area contributed by atoms with Crippen molar-refractivity contribution >= 4 is 34.9 Å². The number of benzene rings is 2. The number of hydrogen-bond donors (Lipinski definition) is 1. The second-order valence-corrected chi connectivity index (χ2v) is 7.49. The Morgan fingerprint density at radius 3 is 2.56 bits per heavy atom. The van der Waals surface area contributed by atoms with Gasteiger partial charge in [-0.3, -0.25) is 14.7 Å². The first-order valence-corrected chi connectivity index (χ1v) is 10.3. The maximum atomic E-state index is 13.2. The molecule has 0 saturated carbocycles. The summed E-state index contributed by atoms with van der Waals surface area (Å²) in [6.45, 7) is 3.54. The zero-order chi connectivity index (χ0) is 21.8.